The minimum atomic E-state index is -0.375. The molecule has 4 rings (SSSR count). The Morgan fingerprint density at radius 1 is 1.15 bits per heavy atom. The molecule has 2 amide bonds. The quantitative estimate of drug-likeness (QED) is 0.734. The number of benzene rings is 1. The molecule has 1 atom stereocenters. The van der Waals surface area contributed by atoms with Crippen LogP contribution >= 0.6 is 0 Å². The molecule has 2 aromatic rings. The molecule has 2 fully saturated rings. The third-order valence-corrected chi connectivity index (χ3v) is 6.98. The Balaban J connectivity index is 1.43. The number of piperazine rings is 1. The molecule has 1 aromatic heterocycles. The molecule has 1 aliphatic carbocycles. The molecule has 7 heteroatoms. The van der Waals surface area contributed by atoms with Gasteiger partial charge in [0.25, 0.3) is 5.91 Å². The van der Waals surface area contributed by atoms with Crippen LogP contribution < -0.4 is 5.32 Å². The first-order valence-corrected chi connectivity index (χ1v) is 11.9. The summed E-state index contributed by atoms with van der Waals surface area (Å²) in [6, 6.07) is 6.40. The lowest BCUT2D eigenvalue weighted by Crippen LogP contribution is -2.54. The average Bonchev–Trinajstić information content (AvgIpc) is 3.31. The van der Waals surface area contributed by atoms with Gasteiger partial charge >= 0.3 is 0 Å². The van der Waals surface area contributed by atoms with Gasteiger partial charge in [0.15, 0.2) is 0 Å². The second-order valence-electron chi connectivity index (χ2n) is 9.47. The minimum Gasteiger partial charge on any atom is -0.337 e. The van der Waals surface area contributed by atoms with Gasteiger partial charge < -0.3 is 10.2 Å². The molecule has 0 bridgehead atoms. The summed E-state index contributed by atoms with van der Waals surface area (Å²) in [6.07, 6.45) is 5.93. The Kier molecular flexibility index (Phi) is 7.08. The molecule has 0 unspecified atom stereocenters. The van der Waals surface area contributed by atoms with Crippen molar-refractivity contribution < 1.29 is 14.0 Å². The van der Waals surface area contributed by atoms with Crippen LogP contribution in [0.3, 0.4) is 0 Å². The van der Waals surface area contributed by atoms with Crippen molar-refractivity contribution in [2.75, 3.05) is 25.0 Å². The van der Waals surface area contributed by atoms with E-state index in [4.69, 9.17) is 0 Å². The van der Waals surface area contributed by atoms with Gasteiger partial charge in [-0.05, 0) is 69.0 Å². The lowest BCUT2D eigenvalue weighted by atomic mass is 10.0. The topological polar surface area (TPSA) is 65.5 Å². The van der Waals surface area contributed by atoms with Crippen molar-refractivity contribution in [1.82, 2.24) is 14.8 Å². The molecule has 33 heavy (non-hydrogen) atoms. The highest BCUT2D eigenvalue weighted by Crippen LogP contribution is 2.29. The standard InChI is InChI=1S/C26H33FN4O2/c1-17-12-21(8-9-28-17)25(32)29-24-14-23(27)13-22(19(24)3)16-30-10-11-31(18(2)15-30)26(33)20-6-4-5-7-20/h8-9,12-14,18,20H,4-7,10-11,15-16H2,1-3H3,(H,29,32)/t18-/m0/s1. The van der Waals surface area contributed by atoms with Crippen LogP contribution in [0.5, 0.6) is 0 Å². The summed E-state index contributed by atoms with van der Waals surface area (Å²) in [4.78, 5) is 34.0. The van der Waals surface area contributed by atoms with Crippen LogP contribution in [-0.4, -0.2) is 52.3 Å². The first-order valence-electron chi connectivity index (χ1n) is 11.9. The van der Waals surface area contributed by atoms with Crippen LogP contribution in [-0.2, 0) is 11.3 Å². The summed E-state index contributed by atoms with van der Waals surface area (Å²) < 4.78 is 14.5. The second-order valence-corrected chi connectivity index (χ2v) is 9.47. The van der Waals surface area contributed by atoms with Gasteiger partial charge in [0.05, 0.1) is 0 Å². The van der Waals surface area contributed by atoms with E-state index in [2.05, 4.69) is 22.1 Å². The Morgan fingerprint density at radius 2 is 1.91 bits per heavy atom. The number of anilines is 1. The summed E-state index contributed by atoms with van der Waals surface area (Å²) in [6.45, 7) is 8.63. The van der Waals surface area contributed by atoms with Gasteiger partial charge in [-0.25, -0.2) is 4.39 Å². The number of pyridine rings is 1. The molecule has 176 valence electrons. The molecule has 6 nitrogen and oxygen atoms in total. The van der Waals surface area contributed by atoms with E-state index in [0.717, 1.165) is 55.6 Å². The van der Waals surface area contributed by atoms with Gasteiger partial charge in [0.1, 0.15) is 5.82 Å². The van der Waals surface area contributed by atoms with Crippen molar-refractivity contribution >= 4 is 17.5 Å². The van der Waals surface area contributed by atoms with Crippen molar-refractivity contribution in [1.29, 1.82) is 0 Å². The zero-order valence-electron chi connectivity index (χ0n) is 19.7. The third kappa shape index (κ3) is 5.41. The molecule has 2 aliphatic rings. The third-order valence-electron chi connectivity index (χ3n) is 6.98. The Bertz CT molecular complexity index is 1030. The number of aryl methyl sites for hydroxylation is 1. The average molecular weight is 453 g/mol. The van der Waals surface area contributed by atoms with Gasteiger partial charge in [0.2, 0.25) is 5.91 Å². The number of nitrogens with one attached hydrogen (secondary N) is 1. The fourth-order valence-corrected chi connectivity index (χ4v) is 5.06. The number of rotatable bonds is 5. The number of carbonyl (C=O) groups is 2. The van der Waals surface area contributed by atoms with E-state index in [-0.39, 0.29) is 23.7 Å². The normalized spacial score (nSPS) is 19.6. The van der Waals surface area contributed by atoms with E-state index in [9.17, 15) is 14.0 Å². The molecule has 1 aromatic carbocycles. The molecule has 2 heterocycles. The van der Waals surface area contributed by atoms with Crippen molar-refractivity contribution in [3.05, 3.63) is 58.7 Å². The number of hydrogen-bond acceptors (Lipinski definition) is 4. The van der Waals surface area contributed by atoms with Crippen LogP contribution in [0.25, 0.3) is 0 Å². The zero-order chi connectivity index (χ0) is 23.5. The van der Waals surface area contributed by atoms with Crippen molar-refractivity contribution in [2.45, 2.75) is 59.0 Å². The predicted octanol–water partition coefficient (Wildman–Crippen LogP) is 4.31. The van der Waals surface area contributed by atoms with Crippen LogP contribution in [0.15, 0.2) is 30.5 Å². The van der Waals surface area contributed by atoms with E-state index in [1.807, 2.05) is 18.7 Å². The number of amides is 2. The van der Waals surface area contributed by atoms with Crippen LogP contribution in [0.4, 0.5) is 10.1 Å². The number of carbonyl (C=O) groups excluding carboxylic acids is 2. The number of nitrogens with zero attached hydrogens (tertiary/aromatic N) is 3. The maximum Gasteiger partial charge on any atom is 0.255 e. The first kappa shape index (κ1) is 23.4. The van der Waals surface area contributed by atoms with Crippen LogP contribution in [0.2, 0.25) is 0 Å². The zero-order valence-corrected chi connectivity index (χ0v) is 19.7. The molecule has 0 spiro atoms. The Morgan fingerprint density at radius 3 is 2.61 bits per heavy atom. The highest BCUT2D eigenvalue weighted by Gasteiger charge is 2.33. The highest BCUT2D eigenvalue weighted by molar-refractivity contribution is 6.04. The van der Waals surface area contributed by atoms with Crippen LogP contribution in [0.1, 0.15) is 59.8 Å². The summed E-state index contributed by atoms with van der Waals surface area (Å²) >= 11 is 0. The molecule has 1 saturated carbocycles. The van der Waals surface area contributed by atoms with E-state index >= 15 is 0 Å². The SMILES string of the molecule is Cc1cc(C(=O)Nc2cc(F)cc(CN3CCN(C(=O)C4CCCC4)[C@@H](C)C3)c2C)ccn1. The highest BCUT2D eigenvalue weighted by atomic mass is 19.1. The van der Waals surface area contributed by atoms with Gasteiger partial charge in [-0.1, -0.05) is 12.8 Å². The summed E-state index contributed by atoms with van der Waals surface area (Å²) in [5.41, 5.74) is 3.42. The lowest BCUT2D eigenvalue weighted by molar-refractivity contribution is -0.140. The van der Waals surface area contributed by atoms with E-state index in [0.29, 0.717) is 30.2 Å². The van der Waals surface area contributed by atoms with E-state index < -0.39 is 0 Å². The fourth-order valence-electron chi connectivity index (χ4n) is 5.06. The van der Waals surface area contributed by atoms with Crippen molar-refractivity contribution in [3.8, 4) is 0 Å². The number of hydrogen-bond donors (Lipinski definition) is 1. The van der Waals surface area contributed by atoms with Gasteiger partial charge in [0, 0.05) is 61.3 Å². The molecular weight excluding hydrogens is 419 g/mol. The van der Waals surface area contributed by atoms with Crippen molar-refractivity contribution in [2.24, 2.45) is 5.92 Å². The van der Waals surface area contributed by atoms with Crippen LogP contribution in [0, 0.1) is 25.6 Å². The maximum absolute atomic E-state index is 14.5. The summed E-state index contributed by atoms with van der Waals surface area (Å²) in [7, 11) is 0. The maximum atomic E-state index is 14.5. The Labute approximate surface area is 195 Å². The molecule has 1 saturated heterocycles. The second kappa shape index (κ2) is 10.00. The smallest absolute Gasteiger partial charge is 0.255 e. The molecule has 1 N–H and O–H groups in total. The van der Waals surface area contributed by atoms with Crippen molar-refractivity contribution in [3.63, 3.8) is 0 Å². The van der Waals surface area contributed by atoms with Gasteiger partial charge in [-0.15, -0.1) is 0 Å². The number of halogens is 1. The molecular formula is C26H33FN4O2. The fraction of sp³-hybridized carbons (Fsp3) is 0.500. The van der Waals surface area contributed by atoms with Gasteiger partial charge in [-0.3, -0.25) is 19.5 Å². The summed E-state index contributed by atoms with van der Waals surface area (Å²) in [5.74, 6) is -0.162. The molecule has 0 radical (unpaired) electrons. The van der Waals surface area contributed by atoms with E-state index in [1.165, 1.54) is 6.07 Å². The predicted molar refractivity (Wildman–Crippen MR) is 126 cm³/mol. The summed E-state index contributed by atoms with van der Waals surface area (Å²) in [5, 5.41) is 2.86. The minimum absolute atomic E-state index is 0.134. The largest absolute Gasteiger partial charge is 0.337 e. The monoisotopic (exact) mass is 452 g/mol. The molecule has 1 aliphatic heterocycles. The Hall–Kier alpha value is -2.80. The van der Waals surface area contributed by atoms with E-state index in [1.54, 1.807) is 24.4 Å². The number of aromatic nitrogens is 1. The lowest BCUT2D eigenvalue weighted by Gasteiger charge is -2.41. The van der Waals surface area contributed by atoms with Gasteiger partial charge in [-0.2, -0.15) is 0 Å². The first-order chi connectivity index (χ1) is 15.8.